The molecule has 0 fully saturated rings. The largest absolute Gasteiger partial charge is 0.504 e. The summed E-state index contributed by atoms with van der Waals surface area (Å²) in [6, 6.07) is 3.69. The topological polar surface area (TPSA) is 86.7 Å². The SMILES string of the molecule is CC(O)C(N)c1ccc(O)c(O)c1. The summed E-state index contributed by atoms with van der Waals surface area (Å²) in [5.74, 6) is -0.421. The number of benzene rings is 1. The van der Waals surface area contributed by atoms with E-state index >= 15 is 0 Å². The first-order valence-electron chi connectivity index (χ1n) is 3.98. The fourth-order valence-electron chi connectivity index (χ4n) is 1.03. The van der Waals surface area contributed by atoms with Crippen LogP contribution in [-0.4, -0.2) is 21.4 Å². The van der Waals surface area contributed by atoms with Gasteiger partial charge in [-0.2, -0.15) is 0 Å². The molecule has 5 N–H and O–H groups in total. The second-order valence-electron chi connectivity index (χ2n) is 3.01. The number of rotatable bonds is 2. The molecule has 72 valence electrons. The van der Waals surface area contributed by atoms with Crippen molar-refractivity contribution >= 4 is 0 Å². The molecule has 4 nitrogen and oxygen atoms in total. The Hall–Kier alpha value is -1.26. The Bertz CT molecular complexity index is 299. The van der Waals surface area contributed by atoms with Crippen LogP contribution in [0.5, 0.6) is 11.5 Å². The standard InChI is InChI=1S/C9H13NO3/c1-5(11)9(10)6-2-3-7(12)8(13)4-6/h2-5,9,11-13H,10H2,1H3. The summed E-state index contributed by atoms with van der Waals surface area (Å²) in [7, 11) is 0. The molecule has 0 bridgehead atoms. The van der Waals surface area contributed by atoms with Gasteiger partial charge in [0.15, 0.2) is 11.5 Å². The van der Waals surface area contributed by atoms with Crippen molar-refractivity contribution in [3.05, 3.63) is 23.8 Å². The zero-order valence-corrected chi connectivity index (χ0v) is 7.31. The Balaban J connectivity index is 2.97. The van der Waals surface area contributed by atoms with E-state index in [2.05, 4.69) is 0 Å². The number of hydrogen-bond donors (Lipinski definition) is 4. The Morgan fingerprint density at radius 1 is 1.23 bits per heavy atom. The van der Waals surface area contributed by atoms with E-state index in [0.717, 1.165) is 0 Å². The summed E-state index contributed by atoms with van der Waals surface area (Å²) in [5.41, 5.74) is 6.20. The summed E-state index contributed by atoms with van der Waals surface area (Å²) >= 11 is 0. The van der Waals surface area contributed by atoms with Gasteiger partial charge in [0.05, 0.1) is 12.1 Å². The Labute approximate surface area is 76.2 Å². The van der Waals surface area contributed by atoms with Gasteiger partial charge >= 0.3 is 0 Å². The molecule has 1 aromatic carbocycles. The Morgan fingerprint density at radius 2 is 1.85 bits per heavy atom. The molecule has 0 radical (unpaired) electrons. The first kappa shape index (κ1) is 9.83. The predicted octanol–water partition coefficient (Wildman–Crippen LogP) is 0.478. The lowest BCUT2D eigenvalue weighted by atomic mass is 10.0. The number of nitrogens with two attached hydrogens (primary N) is 1. The molecule has 0 saturated carbocycles. The monoisotopic (exact) mass is 183 g/mol. The minimum atomic E-state index is -0.691. The van der Waals surface area contributed by atoms with E-state index in [4.69, 9.17) is 21.1 Å². The summed E-state index contributed by atoms with van der Waals surface area (Å²) in [4.78, 5) is 0. The van der Waals surface area contributed by atoms with Crippen LogP contribution in [-0.2, 0) is 0 Å². The van der Waals surface area contributed by atoms with E-state index in [1.165, 1.54) is 12.1 Å². The maximum absolute atomic E-state index is 9.17. The quantitative estimate of drug-likeness (QED) is 0.502. The smallest absolute Gasteiger partial charge is 0.157 e. The van der Waals surface area contributed by atoms with Gasteiger partial charge in [0.1, 0.15) is 0 Å². The van der Waals surface area contributed by atoms with Crippen molar-refractivity contribution in [3.63, 3.8) is 0 Å². The normalized spacial score (nSPS) is 15.3. The number of phenols is 2. The van der Waals surface area contributed by atoms with Gasteiger partial charge in [0, 0.05) is 0 Å². The lowest BCUT2D eigenvalue weighted by Crippen LogP contribution is -2.22. The molecule has 1 rings (SSSR count). The molecule has 4 heteroatoms. The van der Waals surface area contributed by atoms with Crippen LogP contribution < -0.4 is 5.73 Å². The molecule has 0 heterocycles. The highest BCUT2D eigenvalue weighted by Gasteiger charge is 2.13. The molecule has 0 aromatic heterocycles. The lowest BCUT2D eigenvalue weighted by molar-refractivity contribution is 0.164. The minimum Gasteiger partial charge on any atom is -0.504 e. The number of aliphatic hydroxyl groups excluding tert-OH is 1. The van der Waals surface area contributed by atoms with Crippen LogP contribution in [0.3, 0.4) is 0 Å². The molecule has 1 aromatic rings. The molecular weight excluding hydrogens is 170 g/mol. The average molecular weight is 183 g/mol. The number of aromatic hydroxyl groups is 2. The fourth-order valence-corrected chi connectivity index (χ4v) is 1.03. The van der Waals surface area contributed by atoms with Crippen molar-refractivity contribution in [2.24, 2.45) is 5.73 Å². The van der Waals surface area contributed by atoms with Crippen molar-refractivity contribution in [1.82, 2.24) is 0 Å². The number of hydrogen-bond acceptors (Lipinski definition) is 4. The Kier molecular flexibility index (Phi) is 2.75. The van der Waals surface area contributed by atoms with Crippen LogP contribution in [0.2, 0.25) is 0 Å². The van der Waals surface area contributed by atoms with Crippen molar-refractivity contribution in [1.29, 1.82) is 0 Å². The van der Waals surface area contributed by atoms with E-state index in [1.807, 2.05) is 0 Å². The highest BCUT2D eigenvalue weighted by atomic mass is 16.3. The molecule has 0 aliphatic rings. The first-order valence-corrected chi connectivity index (χ1v) is 3.98. The van der Waals surface area contributed by atoms with Gasteiger partial charge in [-0.05, 0) is 24.6 Å². The number of phenolic OH excluding ortho intramolecular Hbond substituents is 2. The molecule has 0 amide bonds. The van der Waals surface area contributed by atoms with Crippen LogP contribution >= 0.6 is 0 Å². The minimum absolute atomic E-state index is 0.193. The zero-order valence-electron chi connectivity index (χ0n) is 7.31. The second kappa shape index (κ2) is 3.64. The van der Waals surface area contributed by atoms with E-state index in [0.29, 0.717) is 5.56 Å². The molecular formula is C9H13NO3. The maximum atomic E-state index is 9.17. The zero-order chi connectivity index (χ0) is 10.0. The number of aliphatic hydroxyl groups is 1. The van der Waals surface area contributed by atoms with E-state index in [-0.39, 0.29) is 11.5 Å². The predicted molar refractivity (Wildman–Crippen MR) is 48.4 cm³/mol. The maximum Gasteiger partial charge on any atom is 0.157 e. The third-order valence-electron chi connectivity index (χ3n) is 1.90. The molecule has 0 saturated heterocycles. The van der Waals surface area contributed by atoms with Crippen molar-refractivity contribution in [2.45, 2.75) is 19.1 Å². The lowest BCUT2D eigenvalue weighted by Gasteiger charge is -2.15. The van der Waals surface area contributed by atoms with Gasteiger partial charge in [-0.15, -0.1) is 0 Å². The Morgan fingerprint density at radius 3 is 2.31 bits per heavy atom. The molecule has 13 heavy (non-hydrogen) atoms. The van der Waals surface area contributed by atoms with Crippen LogP contribution in [0.15, 0.2) is 18.2 Å². The van der Waals surface area contributed by atoms with E-state index in [9.17, 15) is 0 Å². The van der Waals surface area contributed by atoms with Crippen molar-refractivity contribution in [3.8, 4) is 11.5 Å². The molecule has 2 unspecified atom stereocenters. The molecule has 0 aliphatic heterocycles. The first-order chi connectivity index (χ1) is 6.02. The highest BCUT2D eigenvalue weighted by Crippen LogP contribution is 2.27. The second-order valence-corrected chi connectivity index (χ2v) is 3.01. The third kappa shape index (κ3) is 2.11. The summed E-state index contributed by atoms with van der Waals surface area (Å²) in [6.45, 7) is 1.56. The summed E-state index contributed by atoms with van der Waals surface area (Å²) < 4.78 is 0. The summed E-state index contributed by atoms with van der Waals surface area (Å²) in [5, 5.41) is 27.3. The van der Waals surface area contributed by atoms with Crippen molar-refractivity contribution < 1.29 is 15.3 Å². The van der Waals surface area contributed by atoms with Crippen LogP contribution in [0, 0.1) is 0 Å². The highest BCUT2D eigenvalue weighted by molar-refractivity contribution is 5.41. The fraction of sp³-hybridized carbons (Fsp3) is 0.333. The van der Waals surface area contributed by atoms with Gasteiger partial charge in [0.2, 0.25) is 0 Å². The van der Waals surface area contributed by atoms with Gasteiger partial charge in [-0.3, -0.25) is 0 Å². The van der Waals surface area contributed by atoms with Gasteiger partial charge < -0.3 is 21.1 Å². The summed E-state index contributed by atoms with van der Waals surface area (Å²) in [6.07, 6.45) is -0.691. The van der Waals surface area contributed by atoms with Crippen LogP contribution in [0.1, 0.15) is 18.5 Å². The third-order valence-corrected chi connectivity index (χ3v) is 1.90. The van der Waals surface area contributed by atoms with Gasteiger partial charge in [-0.1, -0.05) is 6.07 Å². The van der Waals surface area contributed by atoms with Gasteiger partial charge in [0.25, 0.3) is 0 Å². The molecule has 0 aliphatic carbocycles. The van der Waals surface area contributed by atoms with Crippen LogP contribution in [0.4, 0.5) is 0 Å². The molecule has 2 atom stereocenters. The van der Waals surface area contributed by atoms with Gasteiger partial charge in [-0.25, -0.2) is 0 Å². The van der Waals surface area contributed by atoms with E-state index < -0.39 is 12.1 Å². The van der Waals surface area contributed by atoms with E-state index in [1.54, 1.807) is 13.0 Å². The average Bonchev–Trinajstić information content (AvgIpc) is 2.08. The van der Waals surface area contributed by atoms with Crippen molar-refractivity contribution in [2.75, 3.05) is 0 Å². The van der Waals surface area contributed by atoms with Crippen LogP contribution in [0.25, 0.3) is 0 Å². The molecule has 0 spiro atoms.